The van der Waals surface area contributed by atoms with E-state index in [-0.39, 0.29) is 55.0 Å². The van der Waals surface area contributed by atoms with Crippen molar-refractivity contribution in [2.45, 2.75) is 104 Å². The molecule has 67 heavy (non-hydrogen) atoms. The topological polar surface area (TPSA) is 170 Å². The Labute approximate surface area is 392 Å². The Bertz CT molecular complexity index is 2810. The summed E-state index contributed by atoms with van der Waals surface area (Å²) in [4.78, 5) is 33.0. The lowest BCUT2D eigenvalue weighted by Crippen LogP contribution is -2.66. The Morgan fingerprint density at radius 2 is 1.25 bits per heavy atom. The first-order valence-corrected chi connectivity index (χ1v) is 22.8. The SMILES string of the molecule is COC(=O)c1cc2c(OC)c(C)c(C)cc2c([C@@H]2Cc3cc(C)c(C)c(OC)c3[C@H](CO)N2)n1.COc1cc2c(c(OC)c1C)C[C@@H]1N[C@H]2[C@@H]2Cc3cc(C)c(C)c(OC)c3[C@H](CO)N2C1=O. The van der Waals surface area contributed by atoms with Gasteiger partial charge in [-0.05, 0) is 130 Å². The highest BCUT2D eigenvalue weighted by molar-refractivity contribution is 5.98. The zero-order valence-corrected chi connectivity index (χ0v) is 40.9. The second-order valence-electron chi connectivity index (χ2n) is 18.3. The molecule has 0 aliphatic carbocycles. The van der Waals surface area contributed by atoms with E-state index in [4.69, 9.17) is 33.4 Å². The highest BCUT2D eigenvalue weighted by Crippen LogP contribution is 2.50. The first kappa shape index (κ1) is 47.6. The number of benzene rings is 4. The van der Waals surface area contributed by atoms with E-state index >= 15 is 0 Å². The summed E-state index contributed by atoms with van der Waals surface area (Å²) in [5, 5.41) is 29.7. The summed E-state index contributed by atoms with van der Waals surface area (Å²) < 4.78 is 33.7. The number of methoxy groups -OCH3 is 6. The first-order valence-electron chi connectivity index (χ1n) is 22.8. The molecule has 4 aliphatic rings. The van der Waals surface area contributed by atoms with Crippen molar-refractivity contribution in [3.63, 3.8) is 0 Å². The Hall–Kier alpha value is -5.93. The minimum absolute atomic E-state index is 0.0161. The number of nitrogens with zero attached hydrogens (tertiary/aromatic N) is 2. The van der Waals surface area contributed by atoms with Crippen molar-refractivity contribution in [3.8, 4) is 28.7 Å². The molecule has 9 rings (SSSR count). The van der Waals surface area contributed by atoms with Gasteiger partial charge in [-0.3, -0.25) is 15.4 Å². The summed E-state index contributed by atoms with van der Waals surface area (Å²) in [5.41, 5.74) is 14.7. The standard InChI is InChI=1S/C27H32N2O5.C26H32N2O5/c1-13-8-17-10-20(28-22(12-30)23(17)26(33-6)16(13)4)24-18-9-14(2)15(3)25(32-5)19(18)11-21(29-24)27(31)34-7;1-12-7-15-8-19-23-16-10-21(31-4)14(3)24(32-5)17(16)9-18(27-23)26(30)28(19)20(11-29)22(15)25(33-6)13(12)2/h8-9,11,20,22,28,30H,10,12H2,1-7H3;7,10,18-20,23,27,29H,8-9,11H2,1-6H3/t20-,22-;18-,19-,20-,23+/m00/s1. The van der Waals surface area contributed by atoms with Crippen LogP contribution >= 0.6 is 0 Å². The molecule has 0 spiro atoms. The maximum Gasteiger partial charge on any atom is 0.356 e. The maximum atomic E-state index is 13.8. The molecule has 5 heterocycles. The lowest BCUT2D eigenvalue weighted by molar-refractivity contribution is -0.147. The number of ether oxygens (including phenoxy) is 6. The van der Waals surface area contributed by atoms with Crippen molar-refractivity contribution < 1.29 is 48.2 Å². The molecule has 2 bridgehead atoms. The van der Waals surface area contributed by atoms with Gasteiger partial charge in [0.2, 0.25) is 5.91 Å². The lowest BCUT2D eigenvalue weighted by Gasteiger charge is -2.54. The fraction of sp³-hybridized carbons (Fsp3) is 0.453. The number of aromatic nitrogens is 1. The predicted molar refractivity (Wildman–Crippen MR) is 255 cm³/mol. The zero-order chi connectivity index (χ0) is 48.3. The number of aliphatic hydroxyl groups excluding tert-OH is 2. The number of aliphatic hydroxyl groups is 2. The van der Waals surface area contributed by atoms with Crippen molar-refractivity contribution in [2.24, 2.45) is 0 Å². The molecule has 4 aliphatic heterocycles. The van der Waals surface area contributed by atoms with Crippen LogP contribution in [0.5, 0.6) is 28.7 Å². The van der Waals surface area contributed by atoms with Gasteiger partial charge in [0.15, 0.2) is 0 Å². The number of hydrogen-bond acceptors (Lipinski definition) is 13. The molecule has 14 heteroatoms. The Morgan fingerprint density at radius 3 is 1.84 bits per heavy atom. The smallest absolute Gasteiger partial charge is 0.356 e. The summed E-state index contributed by atoms with van der Waals surface area (Å²) in [5.74, 6) is 3.37. The number of fused-ring (bicyclic) bond motifs is 9. The maximum absolute atomic E-state index is 13.8. The monoisotopic (exact) mass is 916 g/mol. The fourth-order valence-electron chi connectivity index (χ4n) is 11.3. The molecule has 1 fully saturated rings. The van der Waals surface area contributed by atoms with Crippen LogP contribution in [-0.2, 0) is 28.8 Å². The Morgan fingerprint density at radius 1 is 0.657 bits per heavy atom. The van der Waals surface area contributed by atoms with Gasteiger partial charge in [-0.1, -0.05) is 12.1 Å². The highest BCUT2D eigenvalue weighted by atomic mass is 16.5. The van der Waals surface area contributed by atoms with Crippen molar-refractivity contribution in [2.75, 3.05) is 55.9 Å². The van der Waals surface area contributed by atoms with Gasteiger partial charge in [0, 0.05) is 39.4 Å². The fourth-order valence-corrected chi connectivity index (χ4v) is 11.3. The van der Waals surface area contributed by atoms with E-state index in [1.54, 1.807) is 41.6 Å². The zero-order valence-electron chi connectivity index (χ0n) is 40.9. The van der Waals surface area contributed by atoms with Crippen LogP contribution in [-0.4, -0.2) is 99.9 Å². The van der Waals surface area contributed by atoms with Crippen LogP contribution < -0.4 is 34.3 Å². The lowest BCUT2D eigenvalue weighted by atomic mass is 9.74. The van der Waals surface area contributed by atoms with Gasteiger partial charge in [-0.15, -0.1) is 0 Å². The number of hydrogen-bond donors (Lipinski definition) is 4. The highest BCUT2D eigenvalue weighted by Gasteiger charge is 2.52. The van der Waals surface area contributed by atoms with Crippen molar-refractivity contribution in [1.29, 1.82) is 0 Å². The van der Waals surface area contributed by atoms with Crippen LogP contribution in [0.3, 0.4) is 0 Å². The number of esters is 1. The molecule has 4 aromatic carbocycles. The Balaban J connectivity index is 0.000000182. The van der Waals surface area contributed by atoms with Gasteiger partial charge < -0.3 is 43.5 Å². The summed E-state index contributed by atoms with van der Waals surface area (Å²) in [6, 6.07) is 8.63. The first-order chi connectivity index (χ1) is 32.1. The number of rotatable bonds is 9. The number of carbonyl (C=O) groups excluding carboxylic acids is 2. The minimum atomic E-state index is -0.508. The second kappa shape index (κ2) is 18.6. The van der Waals surface area contributed by atoms with Crippen molar-refractivity contribution >= 4 is 22.6 Å². The number of piperazine rings is 1. The van der Waals surface area contributed by atoms with E-state index in [1.807, 2.05) is 39.5 Å². The molecule has 356 valence electrons. The van der Waals surface area contributed by atoms with Crippen molar-refractivity contribution in [1.82, 2.24) is 20.5 Å². The van der Waals surface area contributed by atoms with Crippen LogP contribution in [0, 0.1) is 48.5 Å². The molecule has 0 radical (unpaired) electrons. The van der Waals surface area contributed by atoms with Gasteiger partial charge in [0.25, 0.3) is 0 Å². The molecule has 1 amide bonds. The van der Waals surface area contributed by atoms with Crippen LogP contribution in [0.2, 0.25) is 0 Å². The average Bonchev–Trinajstić information content (AvgIpc) is 3.33. The molecular weight excluding hydrogens is 853 g/mol. The average molecular weight is 917 g/mol. The molecular formula is C53H64N4O10. The van der Waals surface area contributed by atoms with Crippen LogP contribution in [0.1, 0.15) is 113 Å². The van der Waals surface area contributed by atoms with E-state index < -0.39 is 12.0 Å². The molecule has 1 saturated heterocycles. The quantitative estimate of drug-likeness (QED) is 0.113. The molecule has 1 aromatic heterocycles. The van der Waals surface area contributed by atoms with Gasteiger partial charge in [0.05, 0.1) is 97.8 Å². The normalized spacial score (nSPS) is 21.2. The minimum Gasteiger partial charge on any atom is -0.496 e. The van der Waals surface area contributed by atoms with E-state index in [9.17, 15) is 19.8 Å². The van der Waals surface area contributed by atoms with Crippen LogP contribution in [0.15, 0.2) is 30.3 Å². The van der Waals surface area contributed by atoms with E-state index in [0.29, 0.717) is 25.0 Å². The van der Waals surface area contributed by atoms with Gasteiger partial charge in [-0.2, -0.15) is 0 Å². The van der Waals surface area contributed by atoms with Gasteiger partial charge in [-0.25, -0.2) is 9.78 Å². The second-order valence-corrected chi connectivity index (χ2v) is 18.3. The van der Waals surface area contributed by atoms with Crippen molar-refractivity contribution in [3.05, 3.63) is 114 Å². The number of nitrogens with one attached hydrogen (secondary N) is 2. The number of aryl methyl sites for hydroxylation is 3. The largest absolute Gasteiger partial charge is 0.496 e. The number of pyridine rings is 1. The van der Waals surface area contributed by atoms with Crippen LogP contribution in [0.4, 0.5) is 0 Å². The van der Waals surface area contributed by atoms with E-state index in [0.717, 1.165) is 112 Å². The molecule has 14 nitrogen and oxygen atoms in total. The molecule has 6 atom stereocenters. The third-order valence-corrected chi connectivity index (χ3v) is 14.9. The van der Waals surface area contributed by atoms with Gasteiger partial charge >= 0.3 is 5.97 Å². The van der Waals surface area contributed by atoms with Gasteiger partial charge in [0.1, 0.15) is 34.4 Å². The van der Waals surface area contributed by atoms with E-state index in [1.165, 1.54) is 7.11 Å². The number of carbonyl (C=O) groups is 2. The third kappa shape index (κ3) is 7.71. The summed E-state index contributed by atoms with van der Waals surface area (Å²) >= 11 is 0. The molecule has 0 unspecified atom stereocenters. The summed E-state index contributed by atoms with van der Waals surface area (Å²) in [6.07, 6.45) is 1.85. The predicted octanol–water partition coefficient (Wildman–Crippen LogP) is 6.89. The Kier molecular flexibility index (Phi) is 13.2. The molecule has 5 aromatic rings. The third-order valence-electron chi connectivity index (χ3n) is 14.9. The summed E-state index contributed by atoms with van der Waals surface area (Å²) in [7, 11) is 9.64. The summed E-state index contributed by atoms with van der Waals surface area (Å²) in [6.45, 7) is 14.0. The number of amides is 1. The van der Waals surface area contributed by atoms with Crippen LogP contribution in [0.25, 0.3) is 10.8 Å². The molecule has 0 saturated carbocycles. The van der Waals surface area contributed by atoms with E-state index in [2.05, 4.69) is 48.7 Å². The molecule has 4 N–H and O–H groups in total.